The minimum atomic E-state index is 1.18. The zero-order chi connectivity index (χ0) is 12.9. The Morgan fingerprint density at radius 3 is 2.11 bits per heavy atom. The molecule has 0 saturated carbocycles. The topological polar surface area (TPSA) is 3.24 Å². The second-order valence-electron chi connectivity index (χ2n) is 4.51. The normalized spacial score (nSPS) is 15.5. The van der Waals surface area contributed by atoms with Crippen molar-refractivity contribution in [2.45, 2.75) is 9.79 Å². The maximum absolute atomic E-state index is 2.48. The van der Waals surface area contributed by atoms with Crippen molar-refractivity contribution < 1.29 is 0 Å². The molecule has 3 heteroatoms. The Balaban J connectivity index is 1.68. The molecule has 2 aromatic rings. The van der Waals surface area contributed by atoms with Gasteiger partial charge in [-0.3, -0.25) is 0 Å². The van der Waals surface area contributed by atoms with Gasteiger partial charge in [0.05, 0.1) is 0 Å². The lowest BCUT2D eigenvalue weighted by Gasteiger charge is -2.28. The number of anilines is 1. The van der Waals surface area contributed by atoms with Crippen LogP contribution < -0.4 is 4.90 Å². The zero-order valence-corrected chi connectivity index (χ0v) is 12.4. The molecule has 0 N–H and O–H groups in total. The predicted molar refractivity (Wildman–Crippen MR) is 86.5 cm³/mol. The van der Waals surface area contributed by atoms with Crippen LogP contribution >= 0.6 is 23.5 Å². The van der Waals surface area contributed by atoms with Crippen LogP contribution in [0.15, 0.2) is 64.4 Å². The first-order valence-electron chi connectivity index (χ1n) is 6.57. The van der Waals surface area contributed by atoms with Gasteiger partial charge < -0.3 is 4.90 Å². The van der Waals surface area contributed by atoms with E-state index in [9.17, 15) is 0 Å². The van der Waals surface area contributed by atoms with Crippen LogP contribution in [0.2, 0.25) is 0 Å². The molecule has 1 saturated heterocycles. The van der Waals surface area contributed by atoms with E-state index in [0.717, 1.165) is 0 Å². The van der Waals surface area contributed by atoms with E-state index in [2.05, 4.69) is 71.3 Å². The van der Waals surface area contributed by atoms with Gasteiger partial charge in [0.1, 0.15) is 0 Å². The maximum atomic E-state index is 2.48. The number of rotatable bonds is 3. The lowest BCUT2D eigenvalue weighted by molar-refractivity contribution is 0.858. The number of thioether (sulfide) groups is 1. The summed E-state index contributed by atoms with van der Waals surface area (Å²) in [5.74, 6) is 2.50. The second kappa shape index (κ2) is 6.40. The van der Waals surface area contributed by atoms with E-state index in [1.807, 2.05) is 11.8 Å². The molecule has 1 nitrogen and oxygen atoms in total. The van der Waals surface area contributed by atoms with Crippen molar-refractivity contribution in [1.82, 2.24) is 0 Å². The lowest BCUT2D eigenvalue weighted by atomic mass is 10.3. The van der Waals surface area contributed by atoms with Crippen LogP contribution in [0.25, 0.3) is 0 Å². The number of nitrogens with zero attached hydrogens (tertiary/aromatic N) is 1. The quantitative estimate of drug-likeness (QED) is 0.824. The molecule has 0 bridgehead atoms. The predicted octanol–water partition coefficient (Wildman–Crippen LogP) is 4.39. The summed E-state index contributed by atoms with van der Waals surface area (Å²) in [5, 5.41) is 0. The third-order valence-corrected chi connectivity index (χ3v) is 5.15. The van der Waals surface area contributed by atoms with Gasteiger partial charge in [-0.05, 0) is 36.4 Å². The standard InChI is InChI=1S/C16H17NS2/c1-2-4-15(5-3-1)19-16-8-6-14(7-9-16)17-10-12-18-13-11-17/h1-9H,10-13H2. The van der Waals surface area contributed by atoms with Crippen molar-refractivity contribution in [2.24, 2.45) is 0 Å². The summed E-state index contributed by atoms with van der Waals surface area (Å²) in [7, 11) is 0. The van der Waals surface area contributed by atoms with Crippen molar-refractivity contribution in [3.05, 3.63) is 54.6 Å². The molecule has 1 aliphatic rings. The highest BCUT2D eigenvalue weighted by Crippen LogP contribution is 2.29. The van der Waals surface area contributed by atoms with Crippen LogP contribution in [0, 0.1) is 0 Å². The SMILES string of the molecule is c1ccc(Sc2ccc(N3CCSCC3)cc2)cc1. The Hall–Kier alpha value is -1.06. The van der Waals surface area contributed by atoms with Gasteiger partial charge >= 0.3 is 0 Å². The fourth-order valence-corrected chi connectivity index (χ4v) is 3.91. The molecular weight excluding hydrogens is 270 g/mol. The number of hydrogen-bond acceptors (Lipinski definition) is 3. The summed E-state index contributed by atoms with van der Waals surface area (Å²) in [4.78, 5) is 5.08. The summed E-state index contributed by atoms with van der Waals surface area (Å²) in [6.07, 6.45) is 0. The Morgan fingerprint density at radius 1 is 0.789 bits per heavy atom. The van der Waals surface area contributed by atoms with Crippen LogP contribution in [0.4, 0.5) is 5.69 Å². The first kappa shape index (κ1) is 12.9. The molecule has 0 unspecified atom stereocenters. The Labute approximate surface area is 123 Å². The second-order valence-corrected chi connectivity index (χ2v) is 6.88. The summed E-state index contributed by atoms with van der Waals surface area (Å²) >= 11 is 3.87. The van der Waals surface area contributed by atoms with E-state index in [-0.39, 0.29) is 0 Å². The van der Waals surface area contributed by atoms with Crippen molar-refractivity contribution in [3.63, 3.8) is 0 Å². The highest BCUT2D eigenvalue weighted by atomic mass is 32.2. The van der Waals surface area contributed by atoms with Crippen molar-refractivity contribution in [1.29, 1.82) is 0 Å². The first-order chi connectivity index (χ1) is 9.42. The minimum absolute atomic E-state index is 1.18. The van der Waals surface area contributed by atoms with Gasteiger partial charge in [0.15, 0.2) is 0 Å². The fourth-order valence-electron chi connectivity index (χ4n) is 2.17. The summed E-state index contributed by atoms with van der Waals surface area (Å²) < 4.78 is 0. The number of hydrogen-bond donors (Lipinski definition) is 0. The lowest BCUT2D eigenvalue weighted by Crippen LogP contribution is -2.32. The summed E-state index contributed by atoms with van der Waals surface area (Å²) in [6, 6.07) is 19.5. The van der Waals surface area contributed by atoms with Gasteiger partial charge in [0.25, 0.3) is 0 Å². The third-order valence-electron chi connectivity index (χ3n) is 3.19. The molecule has 19 heavy (non-hydrogen) atoms. The van der Waals surface area contributed by atoms with Crippen LogP contribution in [0.1, 0.15) is 0 Å². The van der Waals surface area contributed by atoms with Gasteiger partial charge in [0, 0.05) is 40.1 Å². The van der Waals surface area contributed by atoms with E-state index >= 15 is 0 Å². The van der Waals surface area contributed by atoms with E-state index in [0.29, 0.717) is 0 Å². The molecule has 0 spiro atoms. The van der Waals surface area contributed by atoms with Gasteiger partial charge in [-0.2, -0.15) is 11.8 Å². The van der Waals surface area contributed by atoms with Crippen LogP contribution in [-0.2, 0) is 0 Å². The maximum Gasteiger partial charge on any atom is 0.0367 e. The average Bonchev–Trinajstić information content (AvgIpc) is 2.50. The molecule has 3 rings (SSSR count). The van der Waals surface area contributed by atoms with E-state index < -0.39 is 0 Å². The molecule has 0 amide bonds. The monoisotopic (exact) mass is 287 g/mol. The van der Waals surface area contributed by atoms with Gasteiger partial charge in [-0.25, -0.2) is 0 Å². The Kier molecular flexibility index (Phi) is 4.36. The van der Waals surface area contributed by atoms with E-state index in [1.165, 1.54) is 40.1 Å². The Bertz CT molecular complexity index is 504. The fraction of sp³-hybridized carbons (Fsp3) is 0.250. The number of benzene rings is 2. The van der Waals surface area contributed by atoms with Crippen LogP contribution in [-0.4, -0.2) is 24.6 Å². The first-order valence-corrected chi connectivity index (χ1v) is 8.54. The van der Waals surface area contributed by atoms with Crippen LogP contribution in [0.3, 0.4) is 0 Å². The smallest absolute Gasteiger partial charge is 0.0367 e. The molecule has 1 fully saturated rings. The molecule has 1 aliphatic heterocycles. The molecule has 1 heterocycles. The van der Waals surface area contributed by atoms with Crippen LogP contribution in [0.5, 0.6) is 0 Å². The van der Waals surface area contributed by atoms with Gasteiger partial charge in [0.2, 0.25) is 0 Å². The highest BCUT2D eigenvalue weighted by molar-refractivity contribution is 7.99. The van der Waals surface area contributed by atoms with Crippen molar-refractivity contribution in [2.75, 3.05) is 29.5 Å². The summed E-state index contributed by atoms with van der Waals surface area (Å²) in [5.41, 5.74) is 1.36. The third kappa shape index (κ3) is 3.48. The molecule has 0 atom stereocenters. The summed E-state index contributed by atoms with van der Waals surface area (Å²) in [6.45, 7) is 2.35. The molecular formula is C16H17NS2. The molecule has 2 aromatic carbocycles. The Morgan fingerprint density at radius 2 is 1.42 bits per heavy atom. The zero-order valence-electron chi connectivity index (χ0n) is 10.8. The van der Waals surface area contributed by atoms with Gasteiger partial charge in [-0.15, -0.1) is 0 Å². The highest BCUT2D eigenvalue weighted by Gasteiger charge is 2.10. The van der Waals surface area contributed by atoms with E-state index in [1.54, 1.807) is 0 Å². The van der Waals surface area contributed by atoms with Crippen molar-refractivity contribution in [3.8, 4) is 0 Å². The van der Waals surface area contributed by atoms with E-state index in [4.69, 9.17) is 0 Å². The molecule has 98 valence electrons. The largest absolute Gasteiger partial charge is 0.370 e. The molecule has 0 aromatic heterocycles. The minimum Gasteiger partial charge on any atom is -0.370 e. The average molecular weight is 287 g/mol. The van der Waals surface area contributed by atoms with Crippen molar-refractivity contribution >= 4 is 29.2 Å². The van der Waals surface area contributed by atoms with Gasteiger partial charge in [-0.1, -0.05) is 30.0 Å². The molecule has 0 aliphatic carbocycles. The molecule has 0 radical (unpaired) electrons.